The van der Waals surface area contributed by atoms with Crippen LogP contribution in [0.2, 0.25) is 0 Å². The highest BCUT2D eigenvalue weighted by Crippen LogP contribution is 2.44. The number of hydrogen-bond acceptors (Lipinski definition) is 6. The number of nitrogens with zero attached hydrogens (tertiary/aromatic N) is 4. The van der Waals surface area contributed by atoms with Gasteiger partial charge in [-0.1, -0.05) is 12.1 Å². The molecular formula is C24H21F3N4O5S2. The molecule has 0 saturated carbocycles. The van der Waals surface area contributed by atoms with Crippen molar-refractivity contribution in [2.24, 2.45) is 0 Å². The summed E-state index contributed by atoms with van der Waals surface area (Å²) in [5.74, 6) is 0. The Morgan fingerprint density at radius 3 is 2.24 bits per heavy atom. The third-order valence-electron chi connectivity index (χ3n) is 5.84. The molecule has 2 aromatic rings. The number of hydrogen-bond donors (Lipinski definition) is 0. The Bertz CT molecular complexity index is 1650. The van der Waals surface area contributed by atoms with Crippen LogP contribution < -0.4 is 4.90 Å². The van der Waals surface area contributed by atoms with E-state index < -0.39 is 59.5 Å². The van der Waals surface area contributed by atoms with E-state index in [2.05, 4.69) is 4.85 Å². The van der Waals surface area contributed by atoms with E-state index in [9.17, 15) is 40.1 Å². The van der Waals surface area contributed by atoms with Gasteiger partial charge in [-0.05, 0) is 56.7 Å². The molecule has 0 saturated heterocycles. The predicted octanol–water partition coefficient (Wildman–Crippen LogP) is 4.85. The van der Waals surface area contributed by atoms with Crippen LogP contribution >= 0.6 is 0 Å². The molecule has 0 spiro atoms. The van der Waals surface area contributed by atoms with E-state index >= 15 is 0 Å². The summed E-state index contributed by atoms with van der Waals surface area (Å²) in [7, 11) is -8.69. The molecule has 1 heterocycles. The number of rotatable bonds is 5. The monoisotopic (exact) mass is 566 g/mol. The van der Waals surface area contributed by atoms with E-state index in [-0.39, 0.29) is 22.5 Å². The minimum atomic E-state index is -4.77. The summed E-state index contributed by atoms with van der Waals surface area (Å²) in [6.07, 6.45) is -3.95. The van der Waals surface area contributed by atoms with Crippen molar-refractivity contribution in [1.29, 1.82) is 5.26 Å². The van der Waals surface area contributed by atoms with Crippen LogP contribution in [0.5, 0.6) is 0 Å². The quantitative estimate of drug-likeness (QED) is 0.477. The fourth-order valence-electron chi connectivity index (χ4n) is 3.95. The number of nitriles is 1. The fraction of sp³-hybridized carbons (Fsp3) is 0.292. The van der Waals surface area contributed by atoms with Crippen molar-refractivity contribution in [3.8, 4) is 6.07 Å². The van der Waals surface area contributed by atoms with Crippen molar-refractivity contribution in [2.75, 3.05) is 11.2 Å². The summed E-state index contributed by atoms with van der Waals surface area (Å²) in [6.45, 7) is 11.6. The van der Waals surface area contributed by atoms with Gasteiger partial charge in [0.05, 0.1) is 33.9 Å². The fourth-order valence-corrected chi connectivity index (χ4v) is 6.16. The maximum atomic E-state index is 13.8. The number of benzene rings is 2. The zero-order valence-corrected chi connectivity index (χ0v) is 22.1. The van der Waals surface area contributed by atoms with Crippen molar-refractivity contribution < 1.29 is 34.8 Å². The van der Waals surface area contributed by atoms with E-state index in [0.29, 0.717) is 15.3 Å². The molecule has 1 aliphatic heterocycles. The molecule has 1 aliphatic rings. The summed E-state index contributed by atoms with van der Waals surface area (Å²) in [5.41, 5.74) is -2.35. The Kier molecular flexibility index (Phi) is 7.38. The van der Waals surface area contributed by atoms with Gasteiger partial charge in [0.1, 0.15) is 6.04 Å². The van der Waals surface area contributed by atoms with Gasteiger partial charge >= 0.3 is 12.2 Å². The molecular weight excluding hydrogens is 545 g/mol. The molecule has 3 rings (SSSR count). The first kappa shape index (κ1) is 28.7. The molecule has 0 aliphatic carbocycles. The first-order valence-corrected chi connectivity index (χ1v) is 14.2. The highest BCUT2D eigenvalue weighted by Gasteiger charge is 2.48. The van der Waals surface area contributed by atoms with E-state index in [1.807, 2.05) is 0 Å². The molecule has 14 heteroatoms. The molecule has 38 heavy (non-hydrogen) atoms. The van der Waals surface area contributed by atoms with Crippen LogP contribution in [0.25, 0.3) is 4.85 Å². The molecule has 2 aromatic carbocycles. The number of carbonyl (C=O) groups excluding carboxylic acids is 1. The Hall–Kier alpha value is -3.88. The van der Waals surface area contributed by atoms with E-state index in [1.54, 1.807) is 6.07 Å². The lowest BCUT2D eigenvalue weighted by Gasteiger charge is -2.42. The van der Waals surface area contributed by atoms with E-state index in [0.717, 1.165) is 36.6 Å². The van der Waals surface area contributed by atoms with Gasteiger partial charge in [-0.15, -0.1) is 0 Å². The van der Waals surface area contributed by atoms with Crippen molar-refractivity contribution in [2.45, 2.75) is 43.1 Å². The van der Waals surface area contributed by atoms with Crippen LogP contribution in [0.3, 0.4) is 0 Å². The van der Waals surface area contributed by atoms with Crippen LogP contribution in [0.4, 0.5) is 23.7 Å². The molecule has 0 radical (unpaired) electrons. The predicted molar refractivity (Wildman–Crippen MR) is 132 cm³/mol. The number of alkyl halides is 3. The molecule has 2 amide bonds. The third kappa shape index (κ3) is 4.97. The van der Waals surface area contributed by atoms with Gasteiger partial charge < -0.3 is 0 Å². The Morgan fingerprint density at radius 2 is 1.74 bits per heavy atom. The summed E-state index contributed by atoms with van der Waals surface area (Å²) in [5, 5.41) is 8.02. The number of anilines is 1. The smallest absolute Gasteiger partial charge is 0.277 e. The van der Waals surface area contributed by atoms with E-state index in [1.165, 1.54) is 26.8 Å². The summed E-state index contributed by atoms with van der Waals surface area (Å²) < 4.78 is 92.8. The Balaban J connectivity index is 2.46. The third-order valence-corrected chi connectivity index (χ3v) is 9.10. The second kappa shape index (κ2) is 9.78. The van der Waals surface area contributed by atoms with Crippen molar-refractivity contribution >= 4 is 31.6 Å². The summed E-state index contributed by atoms with van der Waals surface area (Å²) >= 11 is 0. The molecule has 1 atom stereocenters. The highest BCUT2D eigenvalue weighted by atomic mass is 32.2. The lowest BCUT2D eigenvalue weighted by Crippen LogP contribution is -2.53. The van der Waals surface area contributed by atoms with Crippen molar-refractivity contribution in [3.63, 3.8) is 0 Å². The lowest BCUT2D eigenvalue weighted by atomic mass is 9.98. The second-order valence-corrected chi connectivity index (χ2v) is 13.0. The number of sulfone groups is 1. The van der Waals surface area contributed by atoms with Crippen molar-refractivity contribution in [3.05, 3.63) is 82.0 Å². The maximum absolute atomic E-state index is 13.8. The Morgan fingerprint density at radius 1 is 1.11 bits per heavy atom. The SMILES string of the molecule is [C-]#[N+]C1=C(C)N(c2cccc(C(F)(F)F)c2)C(=O)N(S(=O)(=O)C(C)C)[C@@H]1c1ccc(C#N)cc1S(C)(=O)=O. The van der Waals surface area contributed by atoms with Gasteiger partial charge in [-0.3, -0.25) is 4.90 Å². The summed E-state index contributed by atoms with van der Waals surface area (Å²) in [6, 6.07) is 5.70. The van der Waals surface area contributed by atoms with Crippen LogP contribution in [-0.4, -0.2) is 38.7 Å². The number of amides is 2. The number of carbonyl (C=O) groups is 1. The summed E-state index contributed by atoms with van der Waals surface area (Å²) in [4.78, 5) is 17.4. The van der Waals surface area contributed by atoms with Crippen LogP contribution in [0, 0.1) is 17.9 Å². The first-order valence-electron chi connectivity index (χ1n) is 10.8. The average Bonchev–Trinajstić information content (AvgIpc) is 2.82. The molecule has 9 nitrogen and oxygen atoms in total. The average molecular weight is 567 g/mol. The molecule has 0 fully saturated rings. The first-order chi connectivity index (χ1) is 17.5. The zero-order chi connectivity index (χ0) is 28.8. The molecule has 0 bridgehead atoms. The lowest BCUT2D eigenvalue weighted by molar-refractivity contribution is -0.137. The van der Waals surface area contributed by atoms with E-state index in [4.69, 9.17) is 6.57 Å². The number of sulfonamides is 1. The topological polar surface area (TPSA) is 120 Å². The largest absolute Gasteiger partial charge is 0.416 e. The maximum Gasteiger partial charge on any atom is 0.416 e. The molecule has 200 valence electrons. The van der Waals surface area contributed by atoms with Gasteiger partial charge in [0.2, 0.25) is 15.7 Å². The highest BCUT2D eigenvalue weighted by molar-refractivity contribution is 7.91. The van der Waals surface area contributed by atoms with Crippen molar-refractivity contribution in [1.82, 2.24) is 4.31 Å². The molecule has 0 unspecified atom stereocenters. The molecule has 0 N–H and O–H groups in total. The minimum Gasteiger partial charge on any atom is -0.277 e. The van der Waals surface area contributed by atoms with Gasteiger partial charge in [-0.25, -0.2) is 30.8 Å². The second-order valence-electron chi connectivity index (χ2n) is 8.68. The number of allylic oxidation sites excluding steroid dienone is 1. The number of urea groups is 1. The normalized spacial score (nSPS) is 17.0. The standard InChI is InChI=1S/C24H21F3N4O5S2/c1-14(2)38(35,36)31-22(19-10-9-16(13-28)11-20(19)37(5,33)34)21(29-4)15(3)30(23(31)32)18-8-6-7-17(12-18)24(25,26)27/h6-12,14,22H,1-3,5H3/t22-/m1/s1. The van der Waals surface area contributed by atoms with Gasteiger partial charge in [0.15, 0.2) is 9.84 Å². The van der Waals surface area contributed by atoms with Gasteiger partial charge in [-0.2, -0.15) is 18.4 Å². The van der Waals surface area contributed by atoms with Crippen LogP contribution in [0.1, 0.15) is 43.5 Å². The molecule has 0 aromatic heterocycles. The van der Waals surface area contributed by atoms with Crippen LogP contribution in [0.15, 0.2) is 58.8 Å². The Labute approximate surface area is 218 Å². The van der Waals surface area contributed by atoms with Crippen LogP contribution in [-0.2, 0) is 26.0 Å². The number of halogens is 3. The van der Waals surface area contributed by atoms with Gasteiger partial charge in [0, 0.05) is 17.6 Å². The zero-order valence-electron chi connectivity index (χ0n) is 20.5. The minimum absolute atomic E-state index is 0.0646. The van der Waals surface area contributed by atoms with Gasteiger partial charge in [0.25, 0.3) is 0 Å².